The van der Waals surface area contributed by atoms with Gasteiger partial charge in [-0.2, -0.15) is 0 Å². The molecule has 0 amide bonds. The van der Waals surface area contributed by atoms with Crippen molar-refractivity contribution in [2.75, 3.05) is 6.54 Å². The van der Waals surface area contributed by atoms with Gasteiger partial charge in [-0.25, -0.2) is 0 Å². The molecule has 1 aliphatic heterocycles. The van der Waals surface area contributed by atoms with Crippen LogP contribution in [0.2, 0.25) is 0 Å². The lowest BCUT2D eigenvalue weighted by Crippen LogP contribution is -2.51. The minimum absolute atomic E-state index is 0.0241. The Morgan fingerprint density at radius 2 is 1.94 bits per heavy atom. The average Bonchev–Trinajstić information content (AvgIpc) is 3.27. The van der Waals surface area contributed by atoms with Crippen LogP contribution in [0.25, 0.3) is 0 Å². The van der Waals surface area contributed by atoms with Gasteiger partial charge in [-0.3, -0.25) is 9.79 Å². The molecular weight excluding hydrogens is 386 g/mol. The number of Topliss-reactive ketones (excluding diaryl/α,β-unsaturated/α-hetero) is 1. The largest absolute Gasteiger partial charge is 0.393 e. The standard InChI is InChI=1S/C27H41NO3/c1-15-11-22(28-14-15)25(31)16(2)24-23(30)13-21-19-6-5-17-12-18(29)7-9-26(17,3)20(19)8-10-27(21,24)4/h5,15-16,18-21,23-24,29-30H,6-14H2,1-4H3/t15-,16+,18-,19+,20-,21-,23+,24-,26-,27-/m0/s1. The molecule has 5 aliphatic rings. The van der Waals surface area contributed by atoms with Crippen LogP contribution >= 0.6 is 0 Å². The van der Waals surface area contributed by atoms with Crippen LogP contribution in [0.5, 0.6) is 0 Å². The van der Waals surface area contributed by atoms with Gasteiger partial charge in [0.15, 0.2) is 5.78 Å². The van der Waals surface area contributed by atoms with Crippen molar-refractivity contribution in [2.45, 2.75) is 91.3 Å². The van der Waals surface area contributed by atoms with Crippen molar-refractivity contribution in [3.8, 4) is 0 Å². The molecule has 0 saturated heterocycles. The predicted molar refractivity (Wildman–Crippen MR) is 123 cm³/mol. The smallest absolute Gasteiger partial charge is 0.179 e. The molecule has 0 aromatic carbocycles. The number of nitrogens with zero attached hydrogens (tertiary/aromatic N) is 1. The fraction of sp³-hybridized carbons (Fsp3) is 0.852. The van der Waals surface area contributed by atoms with Crippen molar-refractivity contribution in [3.63, 3.8) is 0 Å². The number of aliphatic hydroxyl groups excluding tert-OH is 2. The van der Waals surface area contributed by atoms with Gasteiger partial charge in [0.05, 0.1) is 17.9 Å². The Kier molecular flexibility index (Phi) is 5.29. The Balaban J connectivity index is 1.41. The lowest BCUT2D eigenvalue weighted by Gasteiger charge is -2.58. The summed E-state index contributed by atoms with van der Waals surface area (Å²) in [6.45, 7) is 9.81. The summed E-state index contributed by atoms with van der Waals surface area (Å²) in [6, 6.07) is 0. The van der Waals surface area contributed by atoms with Crippen LogP contribution in [0, 0.1) is 46.3 Å². The highest BCUT2D eigenvalue weighted by molar-refractivity contribution is 6.41. The topological polar surface area (TPSA) is 69.9 Å². The van der Waals surface area contributed by atoms with Crippen LogP contribution in [0.3, 0.4) is 0 Å². The molecule has 4 nitrogen and oxygen atoms in total. The van der Waals surface area contributed by atoms with Gasteiger partial charge in [-0.1, -0.05) is 39.3 Å². The lowest BCUT2D eigenvalue weighted by molar-refractivity contribution is -0.123. The second kappa shape index (κ2) is 7.52. The third kappa shape index (κ3) is 3.22. The summed E-state index contributed by atoms with van der Waals surface area (Å²) in [7, 11) is 0. The summed E-state index contributed by atoms with van der Waals surface area (Å²) in [6.07, 6.45) is 9.73. The minimum Gasteiger partial charge on any atom is -0.393 e. The summed E-state index contributed by atoms with van der Waals surface area (Å²) in [5.41, 5.74) is 2.49. The minimum atomic E-state index is -0.390. The number of rotatable bonds is 3. The second-order valence-corrected chi connectivity index (χ2v) is 12.3. The Morgan fingerprint density at radius 3 is 2.65 bits per heavy atom. The Morgan fingerprint density at radius 1 is 1.16 bits per heavy atom. The van der Waals surface area contributed by atoms with E-state index in [1.54, 1.807) is 0 Å². The molecule has 3 fully saturated rings. The maximum absolute atomic E-state index is 13.3. The Bertz CT molecular complexity index is 817. The van der Waals surface area contributed by atoms with Crippen molar-refractivity contribution >= 4 is 11.5 Å². The summed E-state index contributed by atoms with van der Waals surface area (Å²) in [5, 5.41) is 21.5. The van der Waals surface area contributed by atoms with Gasteiger partial charge >= 0.3 is 0 Å². The van der Waals surface area contributed by atoms with E-state index in [1.807, 2.05) is 0 Å². The van der Waals surface area contributed by atoms with Crippen molar-refractivity contribution in [1.29, 1.82) is 0 Å². The zero-order valence-electron chi connectivity index (χ0n) is 19.8. The van der Waals surface area contributed by atoms with Crippen LogP contribution < -0.4 is 0 Å². The van der Waals surface area contributed by atoms with Crippen LogP contribution in [0.1, 0.15) is 79.1 Å². The quantitative estimate of drug-likeness (QED) is 0.648. The van der Waals surface area contributed by atoms with Gasteiger partial charge < -0.3 is 10.2 Å². The molecule has 0 aromatic rings. The maximum Gasteiger partial charge on any atom is 0.179 e. The third-order valence-corrected chi connectivity index (χ3v) is 10.6. The van der Waals surface area contributed by atoms with Crippen LogP contribution in [-0.4, -0.2) is 40.5 Å². The molecule has 0 radical (unpaired) electrons. The van der Waals surface area contributed by atoms with Gasteiger partial charge in [0, 0.05) is 18.4 Å². The van der Waals surface area contributed by atoms with E-state index >= 15 is 0 Å². The molecule has 0 aromatic heterocycles. The van der Waals surface area contributed by atoms with E-state index in [1.165, 1.54) is 12.0 Å². The first-order valence-electron chi connectivity index (χ1n) is 12.8. The van der Waals surface area contributed by atoms with Gasteiger partial charge in [0.25, 0.3) is 0 Å². The fourth-order valence-corrected chi connectivity index (χ4v) is 8.93. The lowest BCUT2D eigenvalue weighted by atomic mass is 9.47. The highest BCUT2D eigenvalue weighted by Crippen LogP contribution is 2.67. The summed E-state index contributed by atoms with van der Waals surface area (Å²) >= 11 is 0. The highest BCUT2D eigenvalue weighted by Gasteiger charge is 2.62. The van der Waals surface area contributed by atoms with E-state index in [-0.39, 0.29) is 34.6 Å². The Hall–Kier alpha value is -1.00. The zero-order chi connectivity index (χ0) is 22.1. The molecule has 172 valence electrons. The molecule has 5 rings (SSSR count). The molecule has 0 unspecified atom stereocenters. The van der Waals surface area contributed by atoms with Gasteiger partial charge in [-0.15, -0.1) is 0 Å². The third-order valence-electron chi connectivity index (χ3n) is 10.6. The molecule has 10 atom stereocenters. The molecule has 4 heteroatoms. The predicted octanol–water partition coefficient (Wildman–Crippen LogP) is 4.58. The monoisotopic (exact) mass is 427 g/mol. The van der Waals surface area contributed by atoms with E-state index < -0.39 is 6.10 Å². The summed E-state index contributed by atoms with van der Waals surface area (Å²) in [4.78, 5) is 17.9. The maximum atomic E-state index is 13.3. The number of ketones is 1. The van der Waals surface area contributed by atoms with Crippen LogP contribution in [0.4, 0.5) is 0 Å². The number of aliphatic hydroxyl groups is 2. The molecule has 2 N–H and O–H groups in total. The van der Waals surface area contributed by atoms with E-state index in [0.29, 0.717) is 23.7 Å². The van der Waals surface area contributed by atoms with Gasteiger partial charge in [0.1, 0.15) is 0 Å². The number of allylic oxidation sites excluding steroid dienone is 1. The average molecular weight is 428 g/mol. The van der Waals surface area contributed by atoms with Gasteiger partial charge in [-0.05, 0) is 85.9 Å². The van der Waals surface area contributed by atoms with E-state index in [2.05, 4.69) is 38.8 Å². The van der Waals surface area contributed by atoms with E-state index in [0.717, 1.165) is 57.2 Å². The molecule has 1 heterocycles. The van der Waals surface area contributed by atoms with Gasteiger partial charge in [0.2, 0.25) is 0 Å². The molecule has 31 heavy (non-hydrogen) atoms. The first kappa shape index (κ1) is 21.8. The van der Waals surface area contributed by atoms with Crippen molar-refractivity contribution in [3.05, 3.63) is 11.6 Å². The van der Waals surface area contributed by atoms with Crippen molar-refractivity contribution in [1.82, 2.24) is 0 Å². The number of fused-ring (bicyclic) bond motifs is 5. The number of carbonyl (C=O) groups excluding carboxylic acids is 1. The zero-order valence-corrected chi connectivity index (χ0v) is 19.8. The number of carbonyl (C=O) groups is 1. The van der Waals surface area contributed by atoms with Crippen LogP contribution in [-0.2, 0) is 4.79 Å². The molecule has 4 aliphatic carbocycles. The first-order chi connectivity index (χ1) is 14.6. The van der Waals surface area contributed by atoms with E-state index in [4.69, 9.17) is 0 Å². The van der Waals surface area contributed by atoms with Crippen molar-refractivity contribution in [2.24, 2.45) is 51.3 Å². The molecule has 3 saturated carbocycles. The SMILES string of the molecule is C[C@@H]1CN=C(C(=O)[C@H](C)[C@H]2[C@H](O)C[C@H]3[C@@H]4CC=C5C[C@@H](O)CC[C@]5(C)[C@H]4CC[C@]23C)C1. The first-order valence-corrected chi connectivity index (χ1v) is 12.8. The second-order valence-electron chi connectivity index (χ2n) is 12.3. The normalized spacial score (nSPS) is 50.1. The number of hydrogen-bond donors (Lipinski definition) is 2. The fourth-order valence-electron chi connectivity index (χ4n) is 8.93. The molecule has 0 bridgehead atoms. The number of hydrogen-bond acceptors (Lipinski definition) is 4. The molecule has 0 spiro atoms. The van der Waals surface area contributed by atoms with Crippen molar-refractivity contribution < 1.29 is 15.0 Å². The van der Waals surface area contributed by atoms with Crippen LogP contribution in [0.15, 0.2) is 16.6 Å². The summed E-state index contributed by atoms with van der Waals surface area (Å²) < 4.78 is 0. The number of aliphatic imine (C=N–C) groups is 1. The molecular formula is C27H41NO3. The summed E-state index contributed by atoms with van der Waals surface area (Å²) in [5.74, 6) is 2.26. The Labute approximate surface area is 187 Å². The highest BCUT2D eigenvalue weighted by atomic mass is 16.3. The van der Waals surface area contributed by atoms with E-state index in [9.17, 15) is 15.0 Å².